The van der Waals surface area contributed by atoms with E-state index in [1.54, 1.807) is 7.05 Å². The van der Waals surface area contributed by atoms with E-state index in [1.165, 1.54) is 0 Å². The molecule has 0 amide bonds. The van der Waals surface area contributed by atoms with Crippen LogP contribution < -0.4 is 10.6 Å². The number of aromatic nitrogens is 1. The maximum absolute atomic E-state index is 6.03. The van der Waals surface area contributed by atoms with E-state index in [-0.39, 0.29) is 30.1 Å². The Bertz CT molecular complexity index is 478. The first-order chi connectivity index (χ1) is 9.95. The van der Waals surface area contributed by atoms with Crippen LogP contribution in [0.5, 0.6) is 0 Å². The van der Waals surface area contributed by atoms with Crippen LogP contribution in [0.15, 0.2) is 11.1 Å². The molecule has 128 valence electrons. The molecule has 0 atom stereocenters. The topological polar surface area (TPSA) is 50.6 Å². The van der Waals surface area contributed by atoms with Crippen molar-refractivity contribution in [3.63, 3.8) is 0 Å². The predicted octanol–water partition coefficient (Wildman–Crippen LogP) is 3.43. The second-order valence-corrected chi connectivity index (χ2v) is 5.72. The average Bonchev–Trinajstić information content (AvgIpc) is 2.69. The van der Waals surface area contributed by atoms with Crippen LogP contribution in [-0.4, -0.2) is 36.8 Å². The third kappa shape index (κ3) is 7.39. The summed E-state index contributed by atoms with van der Waals surface area (Å²) < 4.78 is 7.33. The van der Waals surface area contributed by atoms with Crippen molar-refractivity contribution in [3.05, 3.63) is 21.9 Å². The van der Waals surface area contributed by atoms with Crippen LogP contribution in [0.4, 0.5) is 0 Å². The molecule has 0 aliphatic heterocycles. The number of ether oxygens (including phenoxy) is 1. The molecule has 0 saturated heterocycles. The normalized spacial score (nSPS) is 11.5. The molecule has 22 heavy (non-hydrogen) atoms. The van der Waals surface area contributed by atoms with Crippen LogP contribution in [0, 0.1) is 0 Å². The van der Waals surface area contributed by atoms with Gasteiger partial charge in [0.2, 0.25) is 0 Å². The molecule has 0 radical (unpaired) electrons. The first-order valence-corrected chi connectivity index (χ1v) is 7.77. The highest BCUT2D eigenvalue weighted by Crippen LogP contribution is 2.24. The van der Waals surface area contributed by atoms with E-state index >= 15 is 0 Å². The third-order valence-electron chi connectivity index (χ3n) is 2.94. The van der Waals surface area contributed by atoms with Crippen molar-refractivity contribution in [2.24, 2.45) is 12.0 Å². The molecule has 1 rings (SSSR count). The van der Waals surface area contributed by atoms with Crippen molar-refractivity contribution in [1.29, 1.82) is 0 Å². The third-order valence-corrected chi connectivity index (χ3v) is 3.78. The number of guanidine groups is 1. The second-order valence-electron chi connectivity index (χ2n) is 4.96. The number of halogens is 3. The molecule has 0 unspecified atom stereocenters. The summed E-state index contributed by atoms with van der Waals surface area (Å²) >= 11 is 12.0. The Hall–Kier alpha value is -0.180. The number of nitrogens with one attached hydrogen (secondary N) is 2. The van der Waals surface area contributed by atoms with Gasteiger partial charge in [0.25, 0.3) is 0 Å². The lowest BCUT2D eigenvalue weighted by molar-refractivity contribution is 0.0776. The number of hydrogen-bond acceptors (Lipinski definition) is 2. The molecule has 5 nitrogen and oxygen atoms in total. The van der Waals surface area contributed by atoms with E-state index in [2.05, 4.69) is 15.6 Å². The van der Waals surface area contributed by atoms with E-state index in [9.17, 15) is 0 Å². The fourth-order valence-corrected chi connectivity index (χ4v) is 2.17. The van der Waals surface area contributed by atoms with Crippen LogP contribution in [0.3, 0.4) is 0 Å². The summed E-state index contributed by atoms with van der Waals surface area (Å²) in [7, 11) is 3.62. The Labute approximate surface area is 159 Å². The van der Waals surface area contributed by atoms with Crippen LogP contribution >= 0.6 is 47.2 Å². The lowest BCUT2D eigenvalue weighted by Crippen LogP contribution is -2.38. The summed E-state index contributed by atoms with van der Waals surface area (Å²) in [6.07, 6.45) is 1.20. The summed E-state index contributed by atoms with van der Waals surface area (Å²) in [6, 6.07) is 1.85. The predicted molar refractivity (Wildman–Crippen MR) is 105 cm³/mol. The summed E-state index contributed by atoms with van der Waals surface area (Å²) in [5, 5.41) is 7.57. The highest BCUT2D eigenvalue weighted by atomic mass is 127. The zero-order valence-electron chi connectivity index (χ0n) is 13.4. The fraction of sp³-hybridized carbons (Fsp3) is 0.643. The van der Waals surface area contributed by atoms with Gasteiger partial charge in [-0.15, -0.1) is 24.0 Å². The van der Waals surface area contributed by atoms with E-state index in [4.69, 9.17) is 27.9 Å². The van der Waals surface area contributed by atoms with Gasteiger partial charge in [-0.1, -0.05) is 23.2 Å². The first-order valence-electron chi connectivity index (χ1n) is 7.01. The largest absolute Gasteiger partial charge is 0.379 e. The van der Waals surface area contributed by atoms with Gasteiger partial charge in [0, 0.05) is 32.9 Å². The minimum absolute atomic E-state index is 0. The molecule has 0 spiro atoms. The van der Waals surface area contributed by atoms with Gasteiger partial charge in [-0.3, -0.25) is 4.99 Å². The highest BCUT2D eigenvalue weighted by molar-refractivity contribution is 14.0. The van der Waals surface area contributed by atoms with Crippen molar-refractivity contribution in [3.8, 4) is 0 Å². The van der Waals surface area contributed by atoms with Gasteiger partial charge in [0.1, 0.15) is 5.15 Å². The molecular weight excluding hydrogens is 438 g/mol. The molecule has 0 aromatic carbocycles. The Kier molecular flexibility index (Phi) is 11.3. The number of aliphatic imine (C=N–C) groups is 1. The van der Waals surface area contributed by atoms with Gasteiger partial charge in [-0.05, 0) is 26.3 Å². The van der Waals surface area contributed by atoms with Crippen molar-refractivity contribution in [1.82, 2.24) is 15.2 Å². The Morgan fingerprint density at radius 1 is 1.36 bits per heavy atom. The maximum Gasteiger partial charge on any atom is 0.191 e. The molecule has 1 aromatic rings. The van der Waals surface area contributed by atoms with Gasteiger partial charge in [0.15, 0.2) is 5.96 Å². The molecule has 8 heteroatoms. The maximum atomic E-state index is 6.03. The molecule has 0 bridgehead atoms. The monoisotopic (exact) mass is 462 g/mol. The SMILES string of the molecule is CN=C(NCCCOC(C)C)NCc1cc(Cl)c(Cl)n1C.I. The number of nitrogens with zero attached hydrogens (tertiary/aromatic N) is 2. The summed E-state index contributed by atoms with van der Waals surface area (Å²) in [5.41, 5.74) is 0.996. The van der Waals surface area contributed by atoms with E-state index in [0.717, 1.165) is 31.2 Å². The van der Waals surface area contributed by atoms with Crippen LogP contribution in [0.25, 0.3) is 0 Å². The number of rotatable bonds is 7. The average molecular weight is 463 g/mol. The molecule has 0 aliphatic rings. The van der Waals surface area contributed by atoms with Crippen molar-refractivity contribution < 1.29 is 4.74 Å². The van der Waals surface area contributed by atoms with Crippen molar-refractivity contribution in [2.75, 3.05) is 20.2 Å². The second kappa shape index (κ2) is 11.4. The van der Waals surface area contributed by atoms with Crippen LogP contribution in [0.2, 0.25) is 10.2 Å². The minimum Gasteiger partial charge on any atom is -0.379 e. The smallest absolute Gasteiger partial charge is 0.191 e. The lowest BCUT2D eigenvalue weighted by atomic mass is 10.4. The molecule has 1 aromatic heterocycles. The standard InChI is InChI=1S/C14H24Cl2N4O.HI/c1-10(2)21-7-5-6-18-14(17-3)19-9-11-8-12(15)13(16)20(11)4;/h8,10H,5-7,9H2,1-4H3,(H2,17,18,19);1H. The van der Waals surface area contributed by atoms with E-state index in [0.29, 0.717) is 16.7 Å². The molecule has 1 heterocycles. The number of hydrogen-bond donors (Lipinski definition) is 2. The molecular formula is C14H25Cl2IN4O. The molecule has 0 fully saturated rings. The fourth-order valence-electron chi connectivity index (χ4n) is 1.75. The van der Waals surface area contributed by atoms with Crippen molar-refractivity contribution >= 4 is 53.1 Å². The van der Waals surface area contributed by atoms with E-state index < -0.39 is 0 Å². The lowest BCUT2D eigenvalue weighted by Gasteiger charge is -2.13. The van der Waals surface area contributed by atoms with Gasteiger partial charge in [-0.2, -0.15) is 0 Å². The first kappa shape index (κ1) is 21.8. The minimum atomic E-state index is 0. The van der Waals surface area contributed by atoms with Gasteiger partial charge >= 0.3 is 0 Å². The summed E-state index contributed by atoms with van der Waals surface area (Å²) in [4.78, 5) is 4.17. The molecule has 0 aliphatic carbocycles. The van der Waals surface area contributed by atoms with Crippen LogP contribution in [-0.2, 0) is 18.3 Å². The van der Waals surface area contributed by atoms with Gasteiger partial charge < -0.3 is 19.9 Å². The van der Waals surface area contributed by atoms with E-state index in [1.807, 2.05) is 31.5 Å². The summed E-state index contributed by atoms with van der Waals surface area (Å²) in [5.74, 6) is 0.744. The van der Waals surface area contributed by atoms with Crippen molar-refractivity contribution in [2.45, 2.75) is 32.9 Å². The summed E-state index contributed by atoms with van der Waals surface area (Å²) in [6.45, 7) is 6.21. The zero-order chi connectivity index (χ0) is 15.8. The Balaban J connectivity index is 0.00000441. The molecule has 2 N–H and O–H groups in total. The Morgan fingerprint density at radius 3 is 2.55 bits per heavy atom. The van der Waals surface area contributed by atoms with Gasteiger partial charge in [-0.25, -0.2) is 0 Å². The zero-order valence-corrected chi connectivity index (χ0v) is 17.3. The van der Waals surface area contributed by atoms with Crippen LogP contribution in [0.1, 0.15) is 26.0 Å². The quantitative estimate of drug-likeness (QED) is 0.282. The van der Waals surface area contributed by atoms with Gasteiger partial charge in [0.05, 0.1) is 17.7 Å². The highest BCUT2D eigenvalue weighted by Gasteiger charge is 2.09. The Morgan fingerprint density at radius 2 is 2.05 bits per heavy atom. The molecule has 0 saturated carbocycles.